The smallest absolute Gasteiger partial charge is 0.186 e. The van der Waals surface area contributed by atoms with Crippen LogP contribution in [0.15, 0.2) is 30.3 Å². The van der Waals surface area contributed by atoms with Gasteiger partial charge in [0.05, 0.1) is 12.3 Å². The van der Waals surface area contributed by atoms with Crippen LogP contribution in [0.25, 0.3) is 0 Å². The van der Waals surface area contributed by atoms with E-state index in [1.165, 1.54) is 0 Å². The molecule has 0 spiro atoms. The molecule has 1 aromatic carbocycles. The Bertz CT molecular complexity index is 598. The quantitative estimate of drug-likeness (QED) is 0.733. The van der Waals surface area contributed by atoms with Gasteiger partial charge in [0, 0.05) is 6.54 Å². The monoisotopic (exact) mass is 284 g/mol. The van der Waals surface area contributed by atoms with Crippen LogP contribution in [0.4, 0.5) is 0 Å². The number of ether oxygens (including phenoxy) is 1. The molecule has 1 heterocycles. The number of hydrogen-bond donors (Lipinski definition) is 0. The van der Waals surface area contributed by atoms with Gasteiger partial charge in [-0.3, -0.25) is 0 Å². The van der Waals surface area contributed by atoms with E-state index in [0.717, 1.165) is 30.8 Å². The summed E-state index contributed by atoms with van der Waals surface area (Å²) in [6.45, 7) is 5.55. The van der Waals surface area contributed by atoms with Gasteiger partial charge in [0.25, 0.3) is 0 Å². The maximum Gasteiger partial charge on any atom is 0.186 e. The molecule has 5 heteroatoms. The standard InChI is InChI=1S/C16H20N4O/c1-13(2)16-15(12-17)18-19-20(16)10-6-7-11-21-14-8-4-3-5-9-14/h3-5,8-9,13H,6-7,10-11H2,1-2H3. The molecule has 0 N–H and O–H groups in total. The highest BCUT2D eigenvalue weighted by atomic mass is 16.5. The van der Waals surface area contributed by atoms with Crippen molar-refractivity contribution in [3.05, 3.63) is 41.7 Å². The lowest BCUT2D eigenvalue weighted by Crippen LogP contribution is -2.08. The van der Waals surface area contributed by atoms with Crippen molar-refractivity contribution in [1.82, 2.24) is 15.0 Å². The molecule has 5 nitrogen and oxygen atoms in total. The summed E-state index contributed by atoms with van der Waals surface area (Å²) in [4.78, 5) is 0. The molecule has 0 aliphatic carbocycles. The first-order valence-corrected chi connectivity index (χ1v) is 7.23. The molecule has 0 unspecified atom stereocenters. The van der Waals surface area contributed by atoms with E-state index in [1.807, 2.05) is 35.0 Å². The van der Waals surface area contributed by atoms with Crippen LogP contribution in [0.3, 0.4) is 0 Å². The number of aryl methyl sites for hydroxylation is 1. The van der Waals surface area contributed by atoms with E-state index in [2.05, 4.69) is 30.2 Å². The van der Waals surface area contributed by atoms with Crippen molar-refractivity contribution in [2.45, 2.75) is 39.2 Å². The second kappa shape index (κ2) is 7.44. The van der Waals surface area contributed by atoms with E-state index in [4.69, 9.17) is 10.00 Å². The molecule has 0 atom stereocenters. The van der Waals surface area contributed by atoms with Gasteiger partial charge in [0.15, 0.2) is 5.69 Å². The molecule has 1 aromatic heterocycles. The molecular formula is C16H20N4O. The van der Waals surface area contributed by atoms with Gasteiger partial charge in [-0.05, 0) is 30.9 Å². The third-order valence-corrected chi connectivity index (χ3v) is 3.20. The number of rotatable bonds is 7. The Labute approximate surface area is 125 Å². The summed E-state index contributed by atoms with van der Waals surface area (Å²) in [6.07, 6.45) is 1.88. The van der Waals surface area contributed by atoms with Crippen LogP contribution >= 0.6 is 0 Å². The lowest BCUT2D eigenvalue weighted by atomic mass is 10.1. The highest BCUT2D eigenvalue weighted by molar-refractivity contribution is 5.26. The first-order chi connectivity index (χ1) is 10.2. The third-order valence-electron chi connectivity index (χ3n) is 3.20. The second-order valence-electron chi connectivity index (χ2n) is 5.18. The lowest BCUT2D eigenvalue weighted by Gasteiger charge is -2.09. The molecule has 0 aliphatic rings. The molecule has 0 radical (unpaired) electrons. The number of nitrogens with zero attached hydrogens (tertiary/aromatic N) is 4. The van der Waals surface area contributed by atoms with Crippen molar-refractivity contribution in [1.29, 1.82) is 5.26 Å². The zero-order valence-corrected chi connectivity index (χ0v) is 12.5. The van der Waals surface area contributed by atoms with Gasteiger partial charge in [-0.15, -0.1) is 5.10 Å². The topological polar surface area (TPSA) is 63.7 Å². The molecule has 0 bridgehead atoms. The maximum atomic E-state index is 9.03. The molecule has 2 rings (SSSR count). The summed E-state index contributed by atoms with van der Waals surface area (Å²) in [6, 6.07) is 11.9. The van der Waals surface area contributed by atoms with Crippen LogP contribution in [0, 0.1) is 11.3 Å². The third kappa shape index (κ3) is 4.06. The minimum absolute atomic E-state index is 0.246. The average molecular weight is 284 g/mol. The maximum absolute atomic E-state index is 9.03. The van der Waals surface area contributed by atoms with Gasteiger partial charge < -0.3 is 4.74 Å². The van der Waals surface area contributed by atoms with Crippen molar-refractivity contribution >= 4 is 0 Å². The molecule has 2 aromatic rings. The van der Waals surface area contributed by atoms with Gasteiger partial charge in [-0.25, -0.2) is 4.68 Å². The summed E-state index contributed by atoms with van der Waals surface area (Å²) in [7, 11) is 0. The van der Waals surface area contributed by atoms with Gasteiger partial charge >= 0.3 is 0 Å². The van der Waals surface area contributed by atoms with Crippen LogP contribution < -0.4 is 4.74 Å². The van der Waals surface area contributed by atoms with Crippen molar-refractivity contribution < 1.29 is 4.74 Å². The van der Waals surface area contributed by atoms with E-state index < -0.39 is 0 Å². The molecule has 0 saturated carbocycles. The molecule has 110 valence electrons. The first kappa shape index (κ1) is 15.0. The predicted molar refractivity (Wildman–Crippen MR) is 80.0 cm³/mol. The minimum Gasteiger partial charge on any atom is -0.494 e. The van der Waals surface area contributed by atoms with Crippen LogP contribution in [0.1, 0.15) is 44.0 Å². The lowest BCUT2D eigenvalue weighted by molar-refractivity contribution is 0.301. The number of hydrogen-bond acceptors (Lipinski definition) is 4. The van der Waals surface area contributed by atoms with E-state index in [9.17, 15) is 0 Å². The van der Waals surface area contributed by atoms with E-state index in [1.54, 1.807) is 0 Å². The largest absolute Gasteiger partial charge is 0.494 e. The predicted octanol–water partition coefficient (Wildman–Crippen LogP) is 3.13. The second-order valence-corrected chi connectivity index (χ2v) is 5.18. The Morgan fingerprint density at radius 1 is 1.24 bits per heavy atom. The van der Waals surface area contributed by atoms with Crippen molar-refractivity contribution in [3.8, 4) is 11.8 Å². The number of nitriles is 1. The summed E-state index contributed by atoms with van der Waals surface area (Å²) >= 11 is 0. The zero-order valence-electron chi connectivity index (χ0n) is 12.5. The Morgan fingerprint density at radius 2 is 2.00 bits per heavy atom. The van der Waals surface area contributed by atoms with Crippen LogP contribution in [0.2, 0.25) is 0 Å². The van der Waals surface area contributed by atoms with Crippen molar-refractivity contribution in [2.75, 3.05) is 6.61 Å². The van der Waals surface area contributed by atoms with Gasteiger partial charge in [-0.1, -0.05) is 37.3 Å². The van der Waals surface area contributed by atoms with Crippen LogP contribution in [-0.4, -0.2) is 21.6 Å². The Morgan fingerprint density at radius 3 is 2.67 bits per heavy atom. The fourth-order valence-corrected chi connectivity index (χ4v) is 2.21. The van der Waals surface area contributed by atoms with Crippen molar-refractivity contribution in [2.24, 2.45) is 0 Å². The summed E-state index contributed by atoms with van der Waals surface area (Å²) in [5, 5.41) is 17.0. The van der Waals surface area contributed by atoms with Crippen LogP contribution in [0.5, 0.6) is 5.75 Å². The summed E-state index contributed by atoms with van der Waals surface area (Å²) < 4.78 is 7.49. The minimum atomic E-state index is 0.246. The fraction of sp³-hybridized carbons (Fsp3) is 0.438. The van der Waals surface area contributed by atoms with Gasteiger partial charge in [0.2, 0.25) is 0 Å². The Hall–Kier alpha value is -2.35. The fourth-order valence-electron chi connectivity index (χ4n) is 2.21. The zero-order chi connectivity index (χ0) is 15.1. The summed E-state index contributed by atoms with van der Waals surface area (Å²) in [5.74, 6) is 1.14. The van der Waals surface area contributed by atoms with E-state index >= 15 is 0 Å². The first-order valence-electron chi connectivity index (χ1n) is 7.23. The number of benzene rings is 1. The molecule has 0 amide bonds. The molecular weight excluding hydrogens is 264 g/mol. The highest BCUT2D eigenvalue weighted by Gasteiger charge is 2.15. The normalized spacial score (nSPS) is 10.6. The van der Waals surface area contributed by atoms with Crippen LogP contribution in [-0.2, 0) is 6.54 Å². The number of aromatic nitrogens is 3. The van der Waals surface area contributed by atoms with Gasteiger partial charge in [-0.2, -0.15) is 5.26 Å². The number of unbranched alkanes of at least 4 members (excludes halogenated alkanes) is 1. The summed E-state index contributed by atoms with van der Waals surface area (Å²) in [5.41, 5.74) is 1.35. The van der Waals surface area contributed by atoms with Crippen molar-refractivity contribution in [3.63, 3.8) is 0 Å². The average Bonchev–Trinajstić information content (AvgIpc) is 2.91. The van der Waals surface area contributed by atoms with E-state index in [-0.39, 0.29) is 5.92 Å². The molecule has 0 saturated heterocycles. The number of para-hydroxylation sites is 1. The Balaban J connectivity index is 1.79. The van der Waals surface area contributed by atoms with E-state index in [0.29, 0.717) is 12.3 Å². The Kier molecular flexibility index (Phi) is 5.33. The molecule has 21 heavy (non-hydrogen) atoms. The SMILES string of the molecule is CC(C)c1c(C#N)nnn1CCCCOc1ccccc1. The highest BCUT2D eigenvalue weighted by Crippen LogP contribution is 2.17. The molecule has 0 fully saturated rings. The van der Waals surface area contributed by atoms with Gasteiger partial charge in [0.1, 0.15) is 11.8 Å². The molecule has 0 aliphatic heterocycles.